The smallest absolute Gasteiger partial charge is 0.246 e. The molecule has 1 unspecified atom stereocenters. The van der Waals surface area contributed by atoms with Gasteiger partial charge in [-0.15, -0.1) is 0 Å². The highest BCUT2D eigenvalue weighted by Gasteiger charge is 2.37. The number of likely N-dealkylation sites (tertiary alicyclic amines) is 1. The van der Waals surface area contributed by atoms with E-state index in [1.165, 1.54) is 4.90 Å². The molecule has 1 atom stereocenters. The summed E-state index contributed by atoms with van der Waals surface area (Å²) in [6.07, 6.45) is 3.43. The maximum Gasteiger partial charge on any atom is 0.246 e. The SMILES string of the molecule is CCCN1C(=O)CC(NCCc2ccco2)C1=O. The Bertz CT molecular complexity index is 414. The summed E-state index contributed by atoms with van der Waals surface area (Å²) in [5.74, 6) is 0.711. The van der Waals surface area contributed by atoms with Crippen LogP contribution in [0, 0.1) is 0 Å². The van der Waals surface area contributed by atoms with Gasteiger partial charge < -0.3 is 9.73 Å². The van der Waals surface area contributed by atoms with Crippen LogP contribution in [0.5, 0.6) is 0 Å². The molecule has 5 heteroatoms. The molecule has 1 N–H and O–H groups in total. The summed E-state index contributed by atoms with van der Waals surface area (Å²) in [6, 6.07) is 3.37. The Morgan fingerprint density at radius 1 is 1.50 bits per heavy atom. The number of hydrogen-bond acceptors (Lipinski definition) is 4. The normalized spacial score (nSPS) is 19.8. The van der Waals surface area contributed by atoms with E-state index in [9.17, 15) is 9.59 Å². The lowest BCUT2D eigenvalue weighted by Gasteiger charge is -2.14. The van der Waals surface area contributed by atoms with Crippen molar-refractivity contribution in [1.29, 1.82) is 0 Å². The van der Waals surface area contributed by atoms with Crippen LogP contribution in [0.1, 0.15) is 25.5 Å². The van der Waals surface area contributed by atoms with Crippen LogP contribution in [-0.4, -0.2) is 35.8 Å². The second-order valence-corrected chi connectivity index (χ2v) is 4.42. The molecule has 2 heterocycles. The maximum absolute atomic E-state index is 11.9. The van der Waals surface area contributed by atoms with Crippen LogP contribution in [-0.2, 0) is 16.0 Å². The number of carbonyl (C=O) groups excluding carboxylic acids is 2. The molecule has 1 aliphatic heterocycles. The van der Waals surface area contributed by atoms with E-state index in [0.29, 0.717) is 13.1 Å². The van der Waals surface area contributed by atoms with Crippen molar-refractivity contribution in [1.82, 2.24) is 10.2 Å². The maximum atomic E-state index is 11.9. The molecule has 2 rings (SSSR count). The molecule has 1 aromatic rings. The van der Waals surface area contributed by atoms with E-state index in [-0.39, 0.29) is 24.3 Å². The van der Waals surface area contributed by atoms with Gasteiger partial charge in [0.25, 0.3) is 0 Å². The minimum Gasteiger partial charge on any atom is -0.469 e. The van der Waals surface area contributed by atoms with E-state index >= 15 is 0 Å². The lowest BCUT2D eigenvalue weighted by molar-refractivity contribution is -0.138. The molecule has 0 aliphatic carbocycles. The number of rotatable bonds is 6. The second-order valence-electron chi connectivity index (χ2n) is 4.42. The monoisotopic (exact) mass is 250 g/mol. The van der Waals surface area contributed by atoms with Gasteiger partial charge in [0.05, 0.1) is 18.7 Å². The summed E-state index contributed by atoms with van der Waals surface area (Å²) in [7, 11) is 0. The van der Waals surface area contributed by atoms with Crippen LogP contribution in [0.15, 0.2) is 22.8 Å². The minimum atomic E-state index is -0.362. The van der Waals surface area contributed by atoms with Gasteiger partial charge in [0.1, 0.15) is 5.76 Å². The number of nitrogens with one attached hydrogen (secondary N) is 1. The Balaban J connectivity index is 1.80. The number of imide groups is 1. The van der Waals surface area contributed by atoms with Gasteiger partial charge in [0.2, 0.25) is 11.8 Å². The third-order valence-electron chi connectivity index (χ3n) is 3.03. The molecular weight excluding hydrogens is 232 g/mol. The highest BCUT2D eigenvalue weighted by atomic mass is 16.3. The fraction of sp³-hybridized carbons (Fsp3) is 0.538. The molecule has 5 nitrogen and oxygen atoms in total. The van der Waals surface area contributed by atoms with Crippen molar-refractivity contribution in [2.75, 3.05) is 13.1 Å². The number of nitrogens with zero attached hydrogens (tertiary/aromatic N) is 1. The molecule has 98 valence electrons. The van der Waals surface area contributed by atoms with E-state index in [1.807, 2.05) is 19.1 Å². The van der Waals surface area contributed by atoms with Gasteiger partial charge in [-0.25, -0.2) is 0 Å². The summed E-state index contributed by atoms with van der Waals surface area (Å²) >= 11 is 0. The average molecular weight is 250 g/mol. The van der Waals surface area contributed by atoms with Crippen molar-refractivity contribution in [3.05, 3.63) is 24.2 Å². The quantitative estimate of drug-likeness (QED) is 0.763. The van der Waals surface area contributed by atoms with Gasteiger partial charge >= 0.3 is 0 Å². The average Bonchev–Trinajstić information content (AvgIpc) is 2.94. The Kier molecular flexibility index (Phi) is 4.15. The van der Waals surface area contributed by atoms with Crippen LogP contribution in [0.25, 0.3) is 0 Å². The molecule has 1 fully saturated rings. The minimum absolute atomic E-state index is 0.0719. The standard InChI is InChI=1S/C13H18N2O3/c1-2-7-15-12(16)9-11(13(15)17)14-6-5-10-4-3-8-18-10/h3-4,8,11,14H,2,5-7,9H2,1H3. The summed E-state index contributed by atoms with van der Waals surface area (Å²) in [5.41, 5.74) is 0. The lowest BCUT2D eigenvalue weighted by atomic mass is 10.2. The largest absolute Gasteiger partial charge is 0.469 e. The first-order chi connectivity index (χ1) is 8.72. The highest BCUT2D eigenvalue weighted by Crippen LogP contribution is 2.13. The first-order valence-corrected chi connectivity index (χ1v) is 6.32. The first-order valence-electron chi connectivity index (χ1n) is 6.32. The zero-order valence-electron chi connectivity index (χ0n) is 10.5. The molecule has 1 aliphatic rings. The van der Waals surface area contributed by atoms with Crippen LogP contribution in [0.2, 0.25) is 0 Å². The van der Waals surface area contributed by atoms with Crippen molar-refractivity contribution in [2.24, 2.45) is 0 Å². The van der Waals surface area contributed by atoms with Gasteiger partial charge in [-0.05, 0) is 18.6 Å². The number of hydrogen-bond donors (Lipinski definition) is 1. The highest BCUT2D eigenvalue weighted by molar-refractivity contribution is 6.05. The molecule has 0 saturated carbocycles. The zero-order valence-corrected chi connectivity index (χ0v) is 10.5. The Hall–Kier alpha value is -1.62. The van der Waals surface area contributed by atoms with Gasteiger partial charge in [0, 0.05) is 19.5 Å². The molecule has 0 radical (unpaired) electrons. The lowest BCUT2D eigenvalue weighted by Crippen LogP contribution is -2.39. The van der Waals surface area contributed by atoms with Crippen LogP contribution < -0.4 is 5.32 Å². The predicted molar refractivity (Wildman–Crippen MR) is 65.8 cm³/mol. The van der Waals surface area contributed by atoms with Gasteiger partial charge in [-0.1, -0.05) is 6.92 Å². The predicted octanol–water partition coefficient (Wildman–Crippen LogP) is 0.949. The molecule has 1 saturated heterocycles. The summed E-state index contributed by atoms with van der Waals surface area (Å²) in [5, 5.41) is 3.12. The van der Waals surface area contributed by atoms with Crippen LogP contribution in [0.3, 0.4) is 0 Å². The van der Waals surface area contributed by atoms with Crippen molar-refractivity contribution in [3.8, 4) is 0 Å². The summed E-state index contributed by atoms with van der Waals surface area (Å²) < 4.78 is 5.20. The zero-order chi connectivity index (χ0) is 13.0. The van der Waals surface area contributed by atoms with E-state index < -0.39 is 0 Å². The van der Waals surface area contributed by atoms with E-state index in [2.05, 4.69) is 5.32 Å². The fourth-order valence-electron chi connectivity index (χ4n) is 2.13. The van der Waals surface area contributed by atoms with Crippen LogP contribution >= 0.6 is 0 Å². The molecule has 0 aromatic carbocycles. The van der Waals surface area contributed by atoms with Crippen molar-refractivity contribution < 1.29 is 14.0 Å². The van der Waals surface area contributed by atoms with E-state index in [4.69, 9.17) is 4.42 Å². The third kappa shape index (κ3) is 2.79. The van der Waals surface area contributed by atoms with Crippen LogP contribution in [0.4, 0.5) is 0 Å². The molecule has 0 bridgehead atoms. The Labute approximate surface area is 106 Å². The van der Waals surface area contributed by atoms with Crippen molar-refractivity contribution >= 4 is 11.8 Å². The second kappa shape index (κ2) is 5.82. The number of carbonyl (C=O) groups is 2. The number of furan rings is 1. The third-order valence-corrected chi connectivity index (χ3v) is 3.03. The summed E-state index contributed by atoms with van der Waals surface area (Å²) in [6.45, 7) is 3.11. The first kappa shape index (κ1) is 12.8. The van der Waals surface area contributed by atoms with Gasteiger partial charge in [-0.2, -0.15) is 0 Å². The van der Waals surface area contributed by atoms with Crippen molar-refractivity contribution in [3.63, 3.8) is 0 Å². The van der Waals surface area contributed by atoms with Gasteiger partial charge in [-0.3, -0.25) is 14.5 Å². The van der Waals surface area contributed by atoms with E-state index in [1.54, 1.807) is 6.26 Å². The fourth-order valence-corrected chi connectivity index (χ4v) is 2.13. The molecule has 18 heavy (non-hydrogen) atoms. The van der Waals surface area contributed by atoms with Crippen molar-refractivity contribution in [2.45, 2.75) is 32.2 Å². The molecule has 2 amide bonds. The summed E-state index contributed by atoms with van der Waals surface area (Å²) in [4.78, 5) is 24.9. The molecular formula is C13H18N2O3. The van der Waals surface area contributed by atoms with Gasteiger partial charge in [0.15, 0.2) is 0 Å². The molecule has 0 spiro atoms. The Morgan fingerprint density at radius 2 is 2.33 bits per heavy atom. The topological polar surface area (TPSA) is 62.6 Å². The van der Waals surface area contributed by atoms with E-state index in [0.717, 1.165) is 18.6 Å². The number of amides is 2. The Morgan fingerprint density at radius 3 is 3.00 bits per heavy atom. The molecule has 1 aromatic heterocycles.